The molecular formula is C12H24N2O2. The summed E-state index contributed by atoms with van der Waals surface area (Å²) in [5.74, 6) is 0. The van der Waals surface area contributed by atoms with E-state index in [2.05, 4.69) is 30.7 Å². The van der Waals surface area contributed by atoms with Crippen LogP contribution in [0.15, 0.2) is 0 Å². The first-order chi connectivity index (χ1) is 7.61. The van der Waals surface area contributed by atoms with Crippen molar-refractivity contribution in [3.63, 3.8) is 0 Å². The lowest BCUT2D eigenvalue weighted by molar-refractivity contribution is -0.0895. The van der Waals surface area contributed by atoms with E-state index in [-0.39, 0.29) is 12.7 Å². The van der Waals surface area contributed by atoms with Gasteiger partial charge in [-0.05, 0) is 27.3 Å². The molecular weight excluding hydrogens is 204 g/mol. The van der Waals surface area contributed by atoms with Gasteiger partial charge in [0, 0.05) is 31.2 Å². The van der Waals surface area contributed by atoms with Crippen LogP contribution in [0.5, 0.6) is 0 Å². The lowest BCUT2D eigenvalue weighted by Gasteiger charge is -2.41. The fourth-order valence-electron chi connectivity index (χ4n) is 2.86. The molecule has 94 valence electrons. The summed E-state index contributed by atoms with van der Waals surface area (Å²) in [6.07, 6.45) is 1.25. The molecule has 0 aromatic heterocycles. The number of aliphatic hydroxyl groups is 1. The van der Waals surface area contributed by atoms with E-state index in [1.165, 1.54) is 6.42 Å². The van der Waals surface area contributed by atoms with Crippen LogP contribution in [-0.2, 0) is 4.74 Å². The zero-order valence-electron chi connectivity index (χ0n) is 10.6. The van der Waals surface area contributed by atoms with Gasteiger partial charge in [-0.3, -0.25) is 4.90 Å². The zero-order chi connectivity index (χ0) is 11.7. The van der Waals surface area contributed by atoms with Gasteiger partial charge in [-0.2, -0.15) is 0 Å². The smallest absolute Gasteiger partial charge is 0.0933 e. The minimum absolute atomic E-state index is 0.0115. The molecule has 0 spiro atoms. The predicted octanol–water partition coefficient (Wildman–Crippen LogP) is 0.161. The first-order valence-electron chi connectivity index (χ1n) is 6.30. The summed E-state index contributed by atoms with van der Waals surface area (Å²) >= 11 is 0. The molecule has 2 aliphatic rings. The zero-order valence-corrected chi connectivity index (χ0v) is 10.6. The minimum Gasteiger partial charge on any atom is -0.394 e. The summed E-state index contributed by atoms with van der Waals surface area (Å²) in [5, 5.41) is 9.18. The van der Waals surface area contributed by atoms with Gasteiger partial charge in [0.15, 0.2) is 0 Å². The number of hydrogen-bond donors (Lipinski definition) is 1. The van der Waals surface area contributed by atoms with Crippen LogP contribution in [0.3, 0.4) is 0 Å². The monoisotopic (exact) mass is 228 g/mol. The number of nitrogens with zero attached hydrogens (tertiary/aromatic N) is 2. The molecule has 2 aliphatic heterocycles. The van der Waals surface area contributed by atoms with Gasteiger partial charge in [0.05, 0.1) is 19.3 Å². The van der Waals surface area contributed by atoms with Crippen molar-refractivity contribution in [2.24, 2.45) is 0 Å². The second-order valence-electron chi connectivity index (χ2n) is 5.36. The van der Waals surface area contributed by atoms with Gasteiger partial charge >= 0.3 is 0 Å². The molecule has 2 saturated heterocycles. The van der Waals surface area contributed by atoms with E-state index in [1.807, 2.05) is 0 Å². The summed E-state index contributed by atoms with van der Waals surface area (Å²) in [5.41, 5.74) is 0. The average molecular weight is 228 g/mol. The van der Waals surface area contributed by atoms with Crippen molar-refractivity contribution in [2.45, 2.75) is 44.5 Å². The molecule has 0 bridgehead atoms. The number of ether oxygens (including phenoxy) is 1. The van der Waals surface area contributed by atoms with E-state index in [0.717, 1.165) is 19.7 Å². The van der Waals surface area contributed by atoms with Gasteiger partial charge in [0.25, 0.3) is 0 Å². The Labute approximate surface area is 98.2 Å². The lowest BCUT2D eigenvalue weighted by Crippen LogP contribution is -2.54. The highest BCUT2D eigenvalue weighted by Crippen LogP contribution is 2.24. The second-order valence-corrected chi connectivity index (χ2v) is 5.36. The third-order valence-electron chi connectivity index (χ3n) is 4.09. The van der Waals surface area contributed by atoms with Crippen LogP contribution < -0.4 is 0 Å². The Hall–Kier alpha value is -0.160. The molecule has 0 amide bonds. The van der Waals surface area contributed by atoms with Gasteiger partial charge in [0.2, 0.25) is 0 Å². The number of morpholine rings is 1. The number of rotatable bonds is 2. The number of hydrogen-bond acceptors (Lipinski definition) is 4. The van der Waals surface area contributed by atoms with Crippen LogP contribution in [0, 0.1) is 0 Å². The summed E-state index contributed by atoms with van der Waals surface area (Å²) in [6.45, 7) is 7.42. The van der Waals surface area contributed by atoms with Crippen LogP contribution in [0.1, 0.15) is 20.3 Å². The van der Waals surface area contributed by atoms with Crippen LogP contribution >= 0.6 is 0 Å². The first kappa shape index (κ1) is 12.3. The van der Waals surface area contributed by atoms with Crippen LogP contribution in [-0.4, -0.2) is 72.5 Å². The van der Waals surface area contributed by atoms with E-state index in [0.29, 0.717) is 18.1 Å². The normalized spacial score (nSPS) is 42.8. The molecule has 2 rings (SSSR count). The molecule has 0 aliphatic carbocycles. The van der Waals surface area contributed by atoms with Gasteiger partial charge < -0.3 is 14.7 Å². The van der Waals surface area contributed by atoms with E-state index in [1.54, 1.807) is 0 Å². The molecule has 4 unspecified atom stereocenters. The Bertz CT molecular complexity index is 227. The van der Waals surface area contributed by atoms with E-state index < -0.39 is 0 Å². The Morgan fingerprint density at radius 3 is 2.56 bits per heavy atom. The predicted molar refractivity (Wildman–Crippen MR) is 63.5 cm³/mol. The van der Waals surface area contributed by atoms with Gasteiger partial charge in [0.1, 0.15) is 0 Å². The SMILES string of the molecule is CC1CC(N2CC(CO)OCC2C)CN1C. The minimum atomic E-state index is 0.0115. The second kappa shape index (κ2) is 5.00. The Kier molecular flexibility index (Phi) is 3.85. The Balaban J connectivity index is 1.96. The van der Waals surface area contributed by atoms with Crippen LogP contribution in [0.25, 0.3) is 0 Å². The molecule has 4 nitrogen and oxygen atoms in total. The molecule has 2 fully saturated rings. The highest BCUT2D eigenvalue weighted by atomic mass is 16.5. The molecule has 0 aromatic rings. The van der Waals surface area contributed by atoms with Gasteiger partial charge in [-0.15, -0.1) is 0 Å². The third kappa shape index (κ3) is 2.40. The van der Waals surface area contributed by atoms with Crippen LogP contribution in [0.2, 0.25) is 0 Å². The number of likely N-dealkylation sites (N-methyl/N-ethyl adjacent to an activating group) is 1. The molecule has 2 heterocycles. The van der Waals surface area contributed by atoms with Crippen LogP contribution in [0.4, 0.5) is 0 Å². The van der Waals surface area contributed by atoms with Crippen molar-refractivity contribution >= 4 is 0 Å². The summed E-state index contributed by atoms with van der Waals surface area (Å²) < 4.78 is 5.58. The maximum absolute atomic E-state index is 9.18. The molecule has 4 heteroatoms. The first-order valence-corrected chi connectivity index (χ1v) is 6.30. The summed E-state index contributed by atoms with van der Waals surface area (Å²) in [6, 6.07) is 1.78. The van der Waals surface area contributed by atoms with Crippen molar-refractivity contribution < 1.29 is 9.84 Å². The average Bonchev–Trinajstić information content (AvgIpc) is 2.60. The van der Waals surface area contributed by atoms with Gasteiger partial charge in [-0.1, -0.05) is 0 Å². The number of likely N-dealkylation sites (tertiary alicyclic amines) is 1. The topological polar surface area (TPSA) is 35.9 Å². The molecule has 0 saturated carbocycles. The summed E-state index contributed by atoms with van der Waals surface area (Å²) in [7, 11) is 2.19. The van der Waals surface area contributed by atoms with Crippen molar-refractivity contribution in [3.05, 3.63) is 0 Å². The molecule has 0 radical (unpaired) electrons. The van der Waals surface area contributed by atoms with E-state index in [4.69, 9.17) is 4.74 Å². The quantitative estimate of drug-likeness (QED) is 0.730. The van der Waals surface area contributed by atoms with Crippen molar-refractivity contribution in [1.29, 1.82) is 0 Å². The molecule has 4 atom stereocenters. The molecule has 1 N–H and O–H groups in total. The van der Waals surface area contributed by atoms with Crippen molar-refractivity contribution in [1.82, 2.24) is 9.80 Å². The van der Waals surface area contributed by atoms with Crippen molar-refractivity contribution in [3.8, 4) is 0 Å². The Morgan fingerprint density at radius 1 is 1.25 bits per heavy atom. The highest BCUT2D eigenvalue weighted by molar-refractivity contribution is 4.91. The van der Waals surface area contributed by atoms with E-state index in [9.17, 15) is 5.11 Å². The highest BCUT2D eigenvalue weighted by Gasteiger charge is 2.36. The third-order valence-corrected chi connectivity index (χ3v) is 4.09. The van der Waals surface area contributed by atoms with Crippen molar-refractivity contribution in [2.75, 3.05) is 33.4 Å². The van der Waals surface area contributed by atoms with Gasteiger partial charge in [-0.25, -0.2) is 0 Å². The fraction of sp³-hybridized carbons (Fsp3) is 1.00. The number of aliphatic hydroxyl groups excluding tert-OH is 1. The lowest BCUT2D eigenvalue weighted by atomic mass is 10.1. The standard InChI is InChI=1S/C12H24N2O2/c1-9-4-11(5-13(9)3)14-6-12(7-15)16-8-10(14)2/h9-12,15H,4-8H2,1-3H3. The Morgan fingerprint density at radius 2 is 2.00 bits per heavy atom. The summed E-state index contributed by atoms with van der Waals surface area (Å²) in [4.78, 5) is 4.94. The van der Waals surface area contributed by atoms with E-state index >= 15 is 0 Å². The maximum Gasteiger partial charge on any atom is 0.0933 e. The fourth-order valence-corrected chi connectivity index (χ4v) is 2.86. The molecule has 0 aromatic carbocycles. The maximum atomic E-state index is 9.18. The largest absolute Gasteiger partial charge is 0.394 e. The molecule has 16 heavy (non-hydrogen) atoms.